The highest BCUT2D eigenvalue weighted by atomic mass is 79.9. The summed E-state index contributed by atoms with van der Waals surface area (Å²) < 4.78 is 12.6. The van der Waals surface area contributed by atoms with Crippen LogP contribution in [0, 0.1) is 5.92 Å². The van der Waals surface area contributed by atoms with Crippen molar-refractivity contribution in [3.05, 3.63) is 22.2 Å². The van der Waals surface area contributed by atoms with Crippen molar-refractivity contribution in [3.63, 3.8) is 0 Å². The highest BCUT2D eigenvalue weighted by molar-refractivity contribution is 9.10. The molecular weight excluding hydrogens is 318 g/mol. The van der Waals surface area contributed by atoms with Crippen molar-refractivity contribution >= 4 is 15.9 Å². The molecule has 112 valence electrons. The molecule has 0 radical (unpaired) electrons. The predicted octanol–water partition coefficient (Wildman–Crippen LogP) is 4.31. The molecule has 0 spiro atoms. The van der Waals surface area contributed by atoms with Crippen LogP contribution in [0.15, 0.2) is 16.6 Å². The van der Waals surface area contributed by atoms with Crippen LogP contribution in [0.5, 0.6) is 11.5 Å². The van der Waals surface area contributed by atoms with E-state index in [1.54, 1.807) is 0 Å². The molecule has 0 aromatic heterocycles. The number of nitrogens with one attached hydrogen (secondary N) is 1. The van der Waals surface area contributed by atoms with Gasteiger partial charge in [-0.15, -0.1) is 0 Å². The van der Waals surface area contributed by atoms with Gasteiger partial charge >= 0.3 is 0 Å². The molecule has 20 heavy (non-hydrogen) atoms. The lowest BCUT2D eigenvalue weighted by molar-refractivity contribution is 0.296. The van der Waals surface area contributed by atoms with E-state index in [4.69, 9.17) is 9.47 Å². The second-order valence-corrected chi connectivity index (χ2v) is 6.47. The SMILES string of the molecule is CCNC(CC(C)C)c1cc2c(cc1Br)OCCCO2. The summed E-state index contributed by atoms with van der Waals surface area (Å²) >= 11 is 3.69. The van der Waals surface area contributed by atoms with Gasteiger partial charge in [-0.3, -0.25) is 0 Å². The third-order valence-electron chi connectivity index (χ3n) is 3.40. The molecule has 0 saturated heterocycles. The number of rotatable bonds is 5. The lowest BCUT2D eigenvalue weighted by atomic mass is 9.96. The predicted molar refractivity (Wildman–Crippen MR) is 85.6 cm³/mol. The molecule has 1 aliphatic rings. The molecule has 0 saturated carbocycles. The van der Waals surface area contributed by atoms with Gasteiger partial charge in [-0.1, -0.05) is 36.7 Å². The molecule has 1 aromatic carbocycles. The minimum atomic E-state index is 0.339. The van der Waals surface area contributed by atoms with Crippen molar-refractivity contribution in [2.24, 2.45) is 5.92 Å². The molecule has 1 unspecified atom stereocenters. The third-order valence-corrected chi connectivity index (χ3v) is 4.09. The van der Waals surface area contributed by atoms with Crippen LogP contribution in [0.2, 0.25) is 0 Å². The molecule has 4 heteroatoms. The molecule has 2 rings (SSSR count). The standard InChI is InChI=1S/C16H24BrNO2/c1-4-18-14(8-11(2)3)12-9-15-16(10-13(12)17)20-7-5-6-19-15/h9-11,14,18H,4-8H2,1-3H3. The Morgan fingerprint density at radius 1 is 1.20 bits per heavy atom. The summed E-state index contributed by atoms with van der Waals surface area (Å²) in [6, 6.07) is 4.51. The Bertz CT molecular complexity index is 448. The van der Waals surface area contributed by atoms with Crippen molar-refractivity contribution in [3.8, 4) is 11.5 Å². The molecule has 0 bridgehead atoms. The number of hydrogen-bond acceptors (Lipinski definition) is 3. The summed E-state index contributed by atoms with van der Waals surface area (Å²) in [5, 5.41) is 3.57. The molecule has 3 nitrogen and oxygen atoms in total. The Morgan fingerprint density at radius 2 is 1.85 bits per heavy atom. The van der Waals surface area contributed by atoms with E-state index in [1.807, 2.05) is 6.07 Å². The number of ether oxygens (including phenoxy) is 2. The summed E-state index contributed by atoms with van der Waals surface area (Å²) in [5.74, 6) is 2.35. The van der Waals surface area contributed by atoms with Crippen molar-refractivity contribution < 1.29 is 9.47 Å². The van der Waals surface area contributed by atoms with Gasteiger partial charge in [0.1, 0.15) is 0 Å². The molecule has 0 amide bonds. The molecule has 0 aliphatic carbocycles. The van der Waals surface area contributed by atoms with Gasteiger partial charge in [-0.25, -0.2) is 0 Å². The first-order valence-electron chi connectivity index (χ1n) is 7.44. The summed E-state index contributed by atoms with van der Waals surface area (Å²) in [6.07, 6.45) is 2.04. The Labute approximate surface area is 130 Å². The summed E-state index contributed by atoms with van der Waals surface area (Å²) in [5.41, 5.74) is 1.25. The van der Waals surface area contributed by atoms with Gasteiger partial charge in [0, 0.05) is 16.9 Å². The summed E-state index contributed by atoms with van der Waals surface area (Å²) in [4.78, 5) is 0. The molecular formula is C16H24BrNO2. The fraction of sp³-hybridized carbons (Fsp3) is 0.625. The van der Waals surface area contributed by atoms with Gasteiger partial charge in [0.15, 0.2) is 11.5 Å². The van der Waals surface area contributed by atoms with Gasteiger partial charge in [0.05, 0.1) is 13.2 Å². The van der Waals surface area contributed by atoms with Gasteiger partial charge < -0.3 is 14.8 Å². The fourth-order valence-corrected chi connectivity index (χ4v) is 3.10. The number of hydrogen-bond donors (Lipinski definition) is 1. The van der Waals surface area contributed by atoms with Gasteiger partial charge in [0.25, 0.3) is 0 Å². The minimum absolute atomic E-state index is 0.339. The van der Waals surface area contributed by atoms with E-state index in [1.165, 1.54) is 5.56 Å². The highest BCUT2D eigenvalue weighted by Gasteiger charge is 2.20. The first-order valence-corrected chi connectivity index (χ1v) is 8.23. The first kappa shape index (κ1) is 15.6. The second kappa shape index (κ2) is 7.32. The Morgan fingerprint density at radius 3 is 2.45 bits per heavy atom. The minimum Gasteiger partial charge on any atom is -0.490 e. The van der Waals surface area contributed by atoms with E-state index in [2.05, 4.69) is 48.1 Å². The second-order valence-electron chi connectivity index (χ2n) is 5.61. The zero-order valence-electron chi connectivity index (χ0n) is 12.5. The van der Waals surface area contributed by atoms with Gasteiger partial charge in [-0.2, -0.15) is 0 Å². The molecule has 1 heterocycles. The lowest BCUT2D eigenvalue weighted by Gasteiger charge is -2.23. The van der Waals surface area contributed by atoms with Crippen LogP contribution in [0.1, 0.15) is 45.2 Å². The van der Waals surface area contributed by atoms with Crippen LogP contribution >= 0.6 is 15.9 Å². The lowest BCUT2D eigenvalue weighted by Crippen LogP contribution is -2.23. The van der Waals surface area contributed by atoms with Crippen molar-refractivity contribution in [1.82, 2.24) is 5.32 Å². The largest absolute Gasteiger partial charge is 0.490 e. The molecule has 1 atom stereocenters. The Hall–Kier alpha value is -0.740. The van der Waals surface area contributed by atoms with Crippen LogP contribution in [0.3, 0.4) is 0 Å². The maximum Gasteiger partial charge on any atom is 0.162 e. The zero-order chi connectivity index (χ0) is 14.5. The van der Waals surface area contributed by atoms with E-state index in [0.717, 1.165) is 48.6 Å². The van der Waals surface area contributed by atoms with E-state index in [9.17, 15) is 0 Å². The molecule has 1 aromatic rings. The van der Waals surface area contributed by atoms with E-state index in [0.29, 0.717) is 12.0 Å². The van der Waals surface area contributed by atoms with Crippen molar-refractivity contribution in [1.29, 1.82) is 0 Å². The van der Waals surface area contributed by atoms with Gasteiger partial charge in [-0.05, 0) is 36.6 Å². The average molecular weight is 342 g/mol. The van der Waals surface area contributed by atoms with Crippen LogP contribution in [-0.4, -0.2) is 19.8 Å². The van der Waals surface area contributed by atoms with E-state index in [-0.39, 0.29) is 0 Å². The number of halogens is 1. The number of benzene rings is 1. The Balaban J connectivity index is 2.31. The molecule has 0 fully saturated rings. The van der Waals surface area contributed by atoms with Gasteiger partial charge in [0.2, 0.25) is 0 Å². The van der Waals surface area contributed by atoms with Crippen LogP contribution < -0.4 is 14.8 Å². The van der Waals surface area contributed by atoms with E-state index < -0.39 is 0 Å². The maximum atomic E-state index is 5.80. The summed E-state index contributed by atoms with van der Waals surface area (Å²) in [6.45, 7) is 9.05. The maximum absolute atomic E-state index is 5.80. The average Bonchev–Trinajstić information content (AvgIpc) is 2.61. The van der Waals surface area contributed by atoms with Crippen LogP contribution in [0.25, 0.3) is 0 Å². The van der Waals surface area contributed by atoms with Crippen LogP contribution in [-0.2, 0) is 0 Å². The topological polar surface area (TPSA) is 30.5 Å². The first-order chi connectivity index (χ1) is 9.61. The fourth-order valence-electron chi connectivity index (χ4n) is 2.50. The third kappa shape index (κ3) is 3.89. The summed E-state index contributed by atoms with van der Waals surface area (Å²) in [7, 11) is 0. The highest BCUT2D eigenvalue weighted by Crippen LogP contribution is 2.38. The quantitative estimate of drug-likeness (QED) is 0.865. The van der Waals surface area contributed by atoms with Crippen LogP contribution in [0.4, 0.5) is 0 Å². The Kier molecular flexibility index (Phi) is 5.73. The molecule has 1 aliphatic heterocycles. The van der Waals surface area contributed by atoms with E-state index >= 15 is 0 Å². The normalized spacial score (nSPS) is 16.1. The number of fused-ring (bicyclic) bond motifs is 1. The van der Waals surface area contributed by atoms with Crippen molar-refractivity contribution in [2.75, 3.05) is 19.8 Å². The molecule has 1 N–H and O–H groups in total. The smallest absolute Gasteiger partial charge is 0.162 e. The van der Waals surface area contributed by atoms with Crippen molar-refractivity contribution in [2.45, 2.75) is 39.7 Å². The monoisotopic (exact) mass is 341 g/mol. The zero-order valence-corrected chi connectivity index (χ0v) is 14.1.